The van der Waals surface area contributed by atoms with Gasteiger partial charge in [-0.3, -0.25) is 4.79 Å². The van der Waals surface area contributed by atoms with Crippen LogP contribution in [0.15, 0.2) is 34.7 Å². The van der Waals surface area contributed by atoms with Crippen LogP contribution in [0.1, 0.15) is 28.2 Å². The predicted molar refractivity (Wildman–Crippen MR) is 91.5 cm³/mol. The molecule has 4 rings (SSSR count). The van der Waals surface area contributed by atoms with Crippen LogP contribution in [0.25, 0.3) is 11.1 Å². The van der Waals surface area contributed by atoms with Crippen LogP contribution < -0.4 is 15.8 Å². The summed E-state index contributed by atoms with van der Waals surface area (Å²) in [6.45, 7) is 0. The molecule has 1 aromatic carbocycles. The molecule has 2 heterocycles. The molecule has 1 amide bonds. The number of aromatic nitrogens is 1. The van der Waals surface area contributed by atoms with E-state index in [0.717, 1.165) is 36.6 Å². The summed E-state index contributed by atoms with van der Waals surface area (Å²) in [5.74, 6) is -1.53. The Labute approximate surface area is 151 Å². The molecule has 0 aliphatic heterocycles. The van der Waals surface area contributed by atoms with E-state index in [1.54, 1.807) is 0 Å². The summed E-state index contributed by atoms with van der Waals surface area (Å²) in [5.41, 5.74) is 8.17. The minimum Gasteiger partial charge on any atom is -0.430 e. The van der Waals surface area contributed by atoms with Crippen molar-refractivity contribution in [2.75, 3.05) is 11.1 Å². The fourth-order valence-electron chi connectivity index (χ4n) is 3.13. The molecule has 0 spiro atoms. The molecule has 0 saturated heterocycles. The van der Waals surface area contributed by atoms with Crippen molar-refractivity contribution in [2.45, 2.75) is 25.6 Å². The lowest BCUT2D eigenvalue weighted by molar-refractivity contribution is -0.274. The minimum absolute atomic E-state index is 0.0962. The van der Waals surface area contributed by atoms with Gasteiger partial charge in [0, 0.05) is 5.69 Å². The average molecular weight is 377 g/mol. The van der Waals surface area contributed by atoms with Gasteiger partial charge in [-0.05, 0) is 43.0 Å². The first kappa shape index (κ1) is 17.2. The number of aryl methyl sites for hydroxylation is 2. The zero-order valence-corrected chi connectivity index (χ0v) is 13.9. The van der Waals surface area contributed by atoms with E-state index in [9.17, 15) is 18.0 Å². The van der Waals surface area contributed by atoms with E-state index in [4.69, 9.17) is 10.2 Å². The summed E-state index contributed by atoms with van der Waals surface area (Å²) in [6, 6.07) is 7.05. The lowest BCUT2D eigenvalue weighted by Crippen LogP contribution is -2.19. The normalized spacial score (nSPS) is 13.6. The van der Waals surface area contributed by atoms with E-state index in [1.807, 2.05) is 6.07 Å². The van der Waals surface area contributed by atoms with E-state index in [-0.39, 0.29) is 22.8 Å². The fraction of sp³-hybridized carbons (Fsp3) is 0.222. The third-order valence-electron chi connectivity index (χ3n) is 4.32. The maximum Gasteiger partial charge on any atom is 0.573 e. The molecule has 0 radical (unpaired) electrons. The number of carbonyl (C=O) groups is 1. The van der Waals surface area contributed by atoms with Crippen molar-refractivity contribution in [3.63, 3.8) is 0 Å². The van der Waals surface area contributed by atoms with Gasteiger partial charge in [0.15, 0.2) is 5.75 Å². The van der Waals surface area contributed by atoms with E-state index in [0.29, 0.717) is 5.39 Å². The van der Waals surface area contributed by atoms with Crippen molar-refractivity contribution >= 4 is 28.4 Å². The van der Waals surface area contributed by atoms with E-state index < -0.39 is 18.0 Å². The van der Waals surface area contributed by atoms with E-state index >= 15 is 0 Å². The molecule has 0 atom stereocenters. The first-order chi connectivity index (χ1) is 12.8. The number of nitrogens with two attached hydrogens (primary N) is 1. The molecule has 0 saturated carbocycles. The topological polar surface area (TPSA) is 90.4 Å². The van der Waals surface area contributed by atoms with Gasteiger partial charge < -0.3 is 20.2 Å². The van der Waals surface area contributed by atoms with Gasteiger partial charge in [0.1, 0.15) is 0 Å². The number of alkyl halides is 3. The van der Waals surface area contributed by atoms with E-state index in [1.165, 1.54) is 18.2 Å². The van der Waals surface area contributed by atoms with Crippen molar-refractivity contribution in [2.24, 2.45) is 0 Å². The average Bonchev–Trinajstić information content (AvgIpc) is 3.18. The monoisotopic (exact) mass is 377 g/mol. The molecule has 3 aromatic rings. The summed E-state index contributed by atoms with van der Waals surface area (Å²) in [5, 5.41) is 2.86. The molecule has 1 aliphatic rings. The number of hydrogen-bond acceptors (Lipinski definition) is 5. The number of pyridine rings is 1. The molecule has 0 fully saturated rings. The van der Waals surface area contributed by atoms with Gasteiger partial charge in [-0.15, -0.1) is 13.2 Å². The lowest BCUT2D eigenvalue weighted by Gasteiger charge is -2.13. The first-order valence-corrected chi connectivity index (χ1v) is 8.19. The Morgan fingerprint density at radius 2 is 2.04 bits per heavy atom. The van der Waals surface area contributed by atoms with Gasteiger partial charge in [0.25, 0.3) is 5.91 Å². The van der Waals surface area contributed by atoms with Crippen molar-refractivity contribution in [3.05, 3.63) is 47.3 Å². The van der Waals surface area contributed by atoms with Crippen molar-refractivity contribution < 1.29 is 27.1 Å². The van der Waals surface area contributed by atoms with Crippen LogP contribution >= 0.6 is 0 Å². The quantitative estimate of drug-likeness (QED) is 0.719. The Morgan fingerprint density at radius 1 is 1.26 bits per heavy atom. The number of ether oxygens (including phenoxy) is 1. The number of nitrogen functional groups attached to an aromatic ring is 1. The molecule has 2 aromatic heterocycles. The summed E-state index contributed by atoms with van der Waals surface area (Å²) in [6.07, 6.45) is -2.18. The van der Waals surface area contributed by atoms with Crippen LogP contribution in [0.4, 0.5) is 24.5 Å². The maximum atomic E-state index is 12.5. The highest BCUT2D eigenvalue weighted by molar-refractivity contribution is 6.11. The number of hydrogen-bond donors (Lipinski definition) is 2. The second-order valence-electron chi connectivity index (χ2n) is 6.14. The van der Waals surface area contributed by atoms with Gasteiger partial charge in [-0.25, -0.2) is 4.98 Å². The summed E-state index contributed by atoms with van der Waals surface area (Å²) in [4.78, 5) is 16.9. The molecule has 1 aliphatic carbocycles. The van der Waals surface area contributed by atoms with Crippen LogP contribution in [-0.2, 0) is 12.8 Å². The third kappa shape index (κ3) is 3.27. The molecular formula is C18H14F3N3O3. The predicted octanol–water partition coefficient (Wildman–Crippen LogP) is 4.05. The zero-order valence-electron chi connectivity index (χ0n) is 13.9. The Morgan fingerprint density at radius 3 is 2.81 bits per heavy atom. The number of amides is 1. The standard InChI is InChI=1S/C18H14F3N3O3/c19-18(20,21)27-13-7-2-1-5-12(13)23-16(25)15-14(22)10-8-9-4-3-6-11(9)24-17(10)26-15/h1-2,5,7-8H,3-4,6,22H2,(H,23,25). The Kier molecular flexibility index (Phi) is 3.94. The number of anilines is 2. The number of furan rings is 1. The number of benzene rings is 1. The van der Waals surface area contributed by atoms with Crippen LogP contribution in [0.2, 0.25) is 0 Å². The number of halogens is 3. The number of nitrogens with one attached hydrogen (secondary N) is 1. The molecular weight excluding hydrogens is 363 g/mol. The maximum absolute atomic E-state index is 12.5. The fourth-order valence-corrected chi connectivity index (χ4v) is 3.13. The second-order valence-corrected chi connectivity index (χ2v) is 6.14. The number of para-hydroxylation sites is 2. The second kappa shape index (κ2) is 6.19. The Bertz CT molecular complexity index is 1040. The molecule has 0 unspecified atom stereocenters. The minimum atomic E-state index is -4.89. The summed E-state index contributed by atoms with van der Waals surface area (Å²) >= 11 is 0. The number of carbonyl (C=O) groups excluding carboxylic acids is 1. The van der Waals surface area contributed by atoms with E-state index in [2.05, 4.69) is 15.0 Å². The highest BCUT2D eigenvalue weighted by Crippen LogP contribution is 2.34. The molecule has 3 N–H and O–H groups in total. The van der Waals surface area contributed by atoms with Gasteiger partial charge in [0.2, 0.25) is 11.5 Å². The van der Waals surface area contributed by atoms with Gasteiger partial charge >= 0.3 is 6.36 Å². The first-order valence-electron chi connectivity index (χ1n) is 8.19. The smallest absolute Gasteiger partial charge is 0.430 e. The van der Waals surface area contributed by atoms with Gasteiger partial charge in [-0.2, -0.15) is 0 Å². The molecule has 140 valence electrons. The van der Waals surface area contributed by atoms with Crippen LogP contribution in [0, 0.1) is 0 Å². The number of fused-ring (bicyclic) bond motifs is 2. The molecule has 0 bridgehead atoms. The van der Waals surface area contributed by atoms with Gasteiger partial charge in [0.05, 0.1) is 16.8 Å². The summed E-state index contributed by atoms with van der Waals surface area (Å²) in [7, 11) is 0. The Balaban J connectivity index is 1.66. The highest BCUT2D eigenvalue weighted by Gasteiger charge is 2.32. The molecule has 27 heavy (non-hydrogen) atoms. The van der Waals surface area contributed by atoms with Crippen molar-refractivity contribution in [1.29, 1.82) is 0 Å². The van der Waals surface area contributed by atoms with Crippen LogP contribution in [0.5, 0.6) is 5.75 Å². The zero-order chi connectivity index (χ0) is 19.2. The third-order valence-corrected chi connectivity index (χ3v) is 4.32. The lowest BCUT2D eigenvalue weighted by atomic mass is 10.1. The van der Waals surface area contributed by atoms with Crippen molar-refractivity contribution in [3.8, 4) is 5.75 Å². The summed E-state index contributed by atoms with van der Waals surface area (Å²) < 4.78 is 47.0. The van der Waals surface area contributed by atoms with Gasteiger partial charge in [-0.1, -0.05) is 12.1 Å². The number of nitrogens with zero attached hydrogens (tertiary/aromatic N) is 1. The molecule has 6 nitrogen and oxygen atoms in total. The van der Waals surface area contributed by atoms with Crippen LogP contribution in [0.3, 0.4) is 0 Å². The Hall–Kier alpha value is -3.23. The van der Waals surface area contributed by atoms with Crippen molar-refractivity contribution in [1.82, 2.24) is 4.98 Å². The highest BCUT2D eigenvalue weighted by atomic mass is 19.4. The largest absolute Gasteiger partial charge is 0.573 e. The van der Waals surface area contributed by atoms with Crippen LogP contribution in [-0.4, -0.2) is 17.3 Å². The molecule has 9 heteroatoms. The SMILES string of the molecule is Nc1c(C(=O)Nc2ccccc2OC(F)(F)F)oc2nc3c(cc12)CCC3. The number of rotatable bonds is 3.